The molecule has 0 heterocycles. The molecular weight excluding hydrogens is 590 g/mol. The van der Waals surface area contributed by atoms with Crippen LogP contribution in [0.4, 0.5) is 22.0 Å². The fourth-order valence-corrected chi connectivity index (χ4v) is 9.98. The summed E-state index contributed by atoms with van der Waals surface area (Å²) >= 11 is -3.42. The van der Waals surface area contributed by atoms with Gasteiger partial charge in [0.1, 0.15) is 0 Å². The molecule has 183 valence electrons. The highest BCUT2D eigenvalue weighted by atomic mass is 127. The molecule has 3 nitrogen and oxygen atoms in total. The summed E-state index contributed by atoms with van der Waals surface area (Å²) < 4.78 is 101. The molecule has 1 radical (unpaired) electrons. The highest BCUT2D eigenvalue weighted by molar-refractivity contribution is 7.86. The summed E-state index contributed by atoms with van der Waals surface area (Å²) in [4.78, 5) is -2.00. The number of halogens is 6. The second-order valence-electron chi connectivity index (χ2n) is 8.08. The van der Waals surface area contributed by atoms with Crippen molar-refractivity contribution in [3.05, 3.63) is 95.9 Å². The van der Waals surface area contributed by atoms with Crippen LogP contribution in [-0.4, -0.2) is 8.42 Å². The zero-order chi connectivity index (χ0) is 25.4. The summed E-state index contributed by atoms with van der Waals surface area (Å²) in [6.45, 7) is 7.89. The van der Waals surface area contributed by atoms with Gasteiger partial charge in [0.05, 0.1) is 0 Å². The lowest BCUT2D eigenvalue weighted by Gasteiger charge is -2.11. The summed E-state index contributed by atoms with van der Waals surface area (Å²) in [6.07, 6.45) is 0. The Bertz CT molecular complexity index is 1210. The second-order valence-corrected chi connectivity index (χ2v) is 14.5. The average molecular weight is 612 g/mol. The largest absolute Gasteiger partial charge is 0.342 e. The van der Waals surface area contributed by atoms with Crippen LogP contribution in [0.2, 0.25) is 0 Å². The summed E-state index contributed by atoms with van der Waals surface area (Å²) in [7, 11) is -5.36. The summed E-state index contributed by atoms with van der Waals surface area (Å²) in [5, 5.41) is 0. The molecule has 0 fully saturated rings. The van der Waals surface area contributed by atoms with Crippen LogP contribution in [0.25, 0.3) is 0 Å². The first-order valence-electron chi connectivity index (χ1n) is 10.2. The molecule has 0 aliphatic heterocycles. The van der Waals surface area contributed by atoms with E-state index in [9.17, 15) is 30.4 Å². The van der Waals surface area contributed by atoms with Crippen LogP contribution in [-0.2, 0) is 12.6 Å². The van der Waals surface area contributed by atoms with Crippen LogP contribution in [0.1, 0.15) is 50.7 Å². The van der Waals surface area contributed by atoms with Gasteiger partial charge in [0, 0.05) is 0 Å². The number of hydrogen-bond donors (Lipinski definition) is 0. The highest BCUT2D eigenvalue weighted by Gasteiger charge is 2.43. The van der Waals surface area contributed by atoms with E-state index in [0.717, 1.165) is 11.1 Å². The molecule has 0 spiro atoms. The highest BCUT2D eigenvalue weighted by Crippen LogP contribution is 2.27. The minimum absolute atomic E-state index is 0.194. The van der Waals surface area contributed by atoms with E-state index < -0.39 is 64.3 Å². The first-order chi connectivity index (χ1) is 15.8. The number of hydrogen-bond acceptors (Lipinski definition) is 3. The van der Waals surface area contributed by atoms with Gasteiger partial charge in [-0.15, -0.1) is 0 Å². The fourth-order valence-electron chi connectivity index (χ4n) is 3.04. The van der Waals surface area contributed by atoms with Crippen molar-refractivity contribution in [1.82, 2.24) is 0 Å². The Morgan fingerprint density at radius 1 is 0.618 bits per heavy atom. The van der Waals surface area contributed by atoms with E-state index in [2.05, 4.69) is 0 Å². The van der Waals surface area contributed by atoms with E-state index in [1.54, 1.807) is 48.5 Å². The van der Waals surface area contributed by atoms with Gasteiger partial charge in [-0.25, -0.2) is 22.0 Å². The molecule has 0 aliphatic rings. The molecule has 3 rings (SSSR count). The van der Waals surface area contributed by atoms with Gasteiger partial charge in [-0.3, -0.25) is 0 Å². The Balaban J connectivity index is 2.14. The molecule has 10 heteroatoms. The van der Waals surface area contributed by atoms with E-state index in [0.29, 0.717) is 7.14 Å². The van der Waals surface area contributed by atoms with Crippen LogP contribution < -0.4 is 20.2 Å². The first kappa shape index (κ1) is 26.6. The standard InChI is InChI=1S/C24H22F5IO3S/c1-13(2)15-5-9-17(10-6-15)30(18-11-7-16(8-12-18)14(3)4)33-34(31,32)24-22(28)20(26)19(25)21(27)23(24)29/h5-14H,1-4H3/q+1. The summed E-state index contributed by atoms with van der Waals surface area (Å²) in [5.74, 6) is -11.7. The molecule has 0 bridgehead atoms. The topological polar surface area (TPSA) is 43.4 Å². The van der Waals surface area contributed by atoms with Crippen molar-refractivity contribution in [2.24, 2.45) is 0 Å². The van der Waals surface area contributed by atoms with Crippen molar-refractivity contribution in [2.45, 2.75) is 44.4 Å². The van der Waals surface area contributed by atoms with E-state index in [-0.39, 0.29) is 11.8 Å². The Kier molecular flexibility index (Phi) is 8.03. The van der Waals surface area contributed by atoms with Crippen LogP contribution in [0.5, 0.6) is 0 Å². The predicted octanol–water partition coefficient (Wildman–Crippen LogP) is 3.61. The molecule has 0 saturated heterocycles. The molecule has 0 amide bonds. The smallest absolute Gasteiger partial charge is 0.202 e. The number of benzene rings is 3. The molecule has 0 unspecified atom stereocenters. The van der Waals surface area contributed by atoms with E-state index in [1.165, 1.54) is 0 Å². The van der Waals surface area contributed by atoms with Crippen molar-refractivity contribution in [2.75, 3.05) is 0 Å². The van der Waals surface area contributed by atoms with Gasteiger partial charge in [-0.05, 0) is 49.7 Å². The molecule has 0 aliphatic carbocycles. The summed E-state index contributed by atoms with van der Waals surface area (Å²) in [6, 6.07) is 13.7. The predicted molar refractivity (Wildman–Crippen MR) is 113 cm³/mol. The quantitative estimate of drug-likeness (QED) is 0.177. The maximum absolute atomic E-state index is 14.3. The molecule has 0 N–H and O–H groups in total. The lowest BCUT2D eigenvalue weighted by atomic mass is 10.0. The van der Waals surface area contributed by atoms with Gasteiger partial charge < -0.3 is 0 Å². The molecule has 3 aromatic carbocycles. The van der Waals surface area contributed by atoms with Gasteiger partial charge in [-0.2, -0.15) is 8.42 Å². The third kappa shape index (κ3) is 5.28. The zero-order valence-corrected chi connectivity index (χ0v) is 21.6. The fraction of sp³-hybridized carbons (Fsp3) is 0.250. The second kappa shape index (κ2) is 10.3. The summed E-state index contributed by atoms with van der Waals surface area (Å²) in [5.41, 5.74) is 1.94. The third-order valence-electron chi connectivity index (χ3n) is 5.04. The monoisotopic (exact) mass is 612 g/mol. The molecule has 0 saturated carbocycles. The van der Waals surface area contributed by atoms with Crippen LogP contribution in [0, 0.1) is 36.2 Å². The van der Waals surface area contributed by atoms with Gasteiger partial charge >= 0.3 is 30.4 Å². The Hall–Kier alpha value is -2.05. The van der Waals surface area contributed by atoms with E-state index in [4.69, 9.17) is 2.51 Å². The lowest BCUT2D eigenvalue weighted by molar-refractivity contribution is -1.03. The molecule has 3 aromatic rings. The third-order valence-corrected chi connectivity index (χ3v) is 12.4. The normalized spacial score (nSPS) is 12.2. The van der Waals surface area contributed by atoms with Gasteiger partial charge in [-0.1, -0.05) is 52.0 Å². The van der Waals surface area contributed by atoms with Gasteiger partial charge in [0.2, 0.25) is 5.82 Å². The molecular formula is C24H22F5IO3S+. The van der Waals surface area contributed by atoms with Crippen LogP contribution >= 0.6 is 0 Å². The van der Waals surface area contributed by atoms with Crippen molar-refractivity contribution < 1.29 is 53.1 Å². The minimum atomic E-state index is -5.36. The number of rotatable bonds is 7. The average Bonchev–Trinajstić information content (AvgIpc) is 2.80. The Labute approximate surface area is 203 Å². The maximum atomic E-state index is 14.3. The lowest BCUT2D eigenvalue weighted by Crippen LogP contribution is -3.85. The molecule has 0 atom stereocenters. The van der Waals surface area contributed by atoms with Crippen molar-refractivity contribution >= 4 is 10.1 Å². The van der Waals surface area contributed by atoms with Crippen LogP contribution in [0.3, 0.4) is 0 Å². The van der Waals surface area contributed by atoms with Gasteiger partial charge in [0.15, 0.2) is 35.3 Å². The first-order valence-corrected chi connectivity index (χ1v) is 14.7. The van der Waals surface area contributed by atoms with E-state index in [1.807, 2.05) is 27.7 Å². The van der Waals surface area contributed by atoms with Crippen molar-refractivity contribution in [3.63, 3.8) is 0 Å². The van der Waals surface area contributed by atoms with Crippen molar-refractivity contribution in [3.8, 4) is 0 Å². The zero-order valence-electron chi connectivity index (χ0n) is 18.7. The molecule has 34 heavy (non-hydrogen) atoms. The Morgan fingerprint density at radius 3 is 1.26 bits per heavy atom. The maximum Gasteiger partial charge on any atom is 0.342 e. The minimum Gasteiger partial charge on any atom is -0.202 e. The van der Waals surface area contributed by atoms with Gasteiger partial charge in [0.25, 0.3) is 0 Å². The SMILES string of the molecule is CC(C)c1ccc([I+](OS(=O)(=O)c2c(F)c(F)c(F)c(F)c2F)c2ccc(C(C)C)cc2)cc1. The van der Waals surface area contributed by atoms with E-state index >= 15 is 0 Å². The van der Waals surface area contributed by atoms with Crippen molar-refractivity contribution in [1.29, 1.82) is 0 Å². The molecule has 0 aromatic heterocycles. The Morgan fingerprint density at radius 2 is 0.941 bits per heavy atom. The van der Waals surface area contributed by atoms with Crippen LogP contribution in [0.15, 0.2) is 53.4 Å².